The van der Waals surface area contributed by atoms with E-state index in [1.54, 1.807) is 29.0 Å². The van der Waals surface area contributed by atoms with E-state index in [0.29, 0.717) is 71.5 Å². The van der Waals surface area contributed by atoms with Gasteiger partial charge in [0.05, 0.1) is 17.1 Å². The van der Waals surface area contributed by atoms with Crippen LogP contribution in [-0.4, -0.2) is 74.8 Å². The molecule has 0 aliphatic carbocycles. The molecule has 1 atom stereocenters. The minimum absolute atomic E-state index is 0.160. The number of anilines is 1. The molecule has 9 nitrogen and oxygen atoms in total. The van der Waals surface area contributed by atoms with E-state index in [0.717, 1.165) is 31.2 Å². The number of fused-ring (bicyclic) bond motifs is 1. The molecule has 2 fully saturated rings. The molecule has 2 aromatic heterocycles. The van der Waals surface area contributed by atoms with Crippen molar-refractivity contribution >= 4 is 57.8 Å². The number of carbonyl (C=O) groups excluding carboxylic acids is 2. The first-order valence-electron chi connectivity index (χ1n) is 13.7. The third kappa shape index (κ3) is 6.30. The zero-order valence-electron chi connectivity index (χ0n) is 23.1. The first-order valence-corrected chi connectivity index (χ1v) is 14.9. The number of piperazine rings is 1. The van der Waals surface area contributed by atoms with Crippen LogP contribution in [0.2, 0.25) is 0 Å². The molecule has 0 saturated carbocycles. The highest BCUT2D eigenvalue weighted by Gasteiger charge is 2.34. The second-order valence-electron chi connectivity index (χ2n) is 9.92. The van der Waals surface area contributed by atoms with Crippen LogP contribution in [0.15, 0.2) is 28.0 Å². The van der Waals surface area contributed by atoms with E-state index in [1.807, 2.05) is 24.0 Å². The second kappa shape index (κ2) is 13.0. The fraction of sp³-hybridized carbons (Fsp3) is 0.536. The normalized spacial score (nSPS) is 17.9. The first kappa shape index (κ1) is 29.1. The molecule has 2 aromatic rings. The molecule has 4 heterocycles. The number of unbranched alkanes of at least 4 members (excludes halogenated alkanes) is 1. The molecule has 0 spiro atoms. The molecule has 210 valence electrons. The van der Waals surface area contributed by atoms with Gasteiger partial charge < -0.3 is 14.5 Å². The second-order valence-corrected chi connectivity index (χ2v) is 11.6. The summed E-state index contributed by atoms with van der Waals surface area (Å²) in [6, 6.07) is 3.73. The lowest BCUT2D eigenvalue weighted by molar-refractivity contribution is -0.122. The van der Waals surface area contributed by atoms with Gasteiger partial charge >= 0.3 is 6.09 Å². The summed E-state index contributed by atoms with van der Waals surface area (Å²) in [5.74, 6) is 0.734. The first-order chi connectivity index (χ1) is 18.8. The van der Waals surface area contributed by atoms with E-state index in [1.165, 1.54) is 16.2 Å². The molecular weight excluding hydrogens is 534 g/mol. The summed E-state index contributed by atoms with van der Waals surface area (Å²) >= 11 is 6.84. The Morgan fingerprint density at radius 1 is 1.21 bits per heavy atom. The summed E-state index contributed by atoms with van der Waals surface area (Å²) in [7, 11) is 0. The van der Waals surface area contributed by atoms with Crippen LogP contribution in [-0.2, 0) is 9.53 Å². The van der Waals surface area contributed by atoms with Crippen LogP contribution in [0.3, 0.4) is 0 Å². The van der Waals surface area contributed by atoms with Gasteiger partial charge in [0.2, 0.25) is 0 Å². The number of hydrogen-bond donors (Lipinski definition) is 0. The van der Waals surface area contributed by atoms with Gasteiger partial charge in [0.25, 0.3) is 11.5 Å². The highest BCUT2D eigenvalue weighted by molar-refractivity contribution is 8.26. The van der Waals surface area contributed by atoms with E-state index < -0.39 is 0 Å². The summed E-state index contributed by atoms with van der Waals surface area (Å²) in [6.07, 6.45) is 7.28. The third-order valence-corrected chi connectivity index (χ3v) is 8.68. The number of carbonyl (C=O) groups is 2. The van der Waals surface area contributed by atoms with Gasteiger partial charge in [-0.15, -0.1) is 0 Å². The van der Waals surface area contributed by atoms with Crippen molar-refractivity contribution < 1.29 is 14.3 Å². The minimum atomic E-state index is -0.340. The number of aryl methyl sites for hydroxylation is 1. The Hall–Kier alpha value is -2.92. The fourth-order valence-electron chi connectivity index (χ4n) is 4.95. The van der Waals surface area contributed by atoms with E-state index in [9.17, 15) is 14.4 Å². The van der Waals surface area contributed by atoms with Crippen molar-refractivity contribution in [1.82, 2.24) is 19.2 Å². The van der Waals surface area contributed by atoms with Gasteiger partial charge in [-0.05, 0) is 43.9 Å². The predicted molar refractivity (Wildman–Crippen MR) is 160 cm³/mol. The van der Waals surface area contributed by atoms with E-state index in [4.69, 9.17) is 21.9 Å². The number of hydrogen-bond acceptors (Lipinski definition) is 8. The van der Waals surface area contributed by atoms with Crippen molar-refractivity contribution in [3.63, 3.8) is 0 Å². The van der Waals surface area contributed by atoms with Gasteiger partial charge in [0.15, 0.2) is 0 Å². The Morgan fingerprint density at radius 3 is 2.62 bits per heavy atom. The number of thiocarbonyl (C=S) groups is 1. The molecule has 0 N–H and O–H groups in total. The summed E-state index contributed by atoms with van der Waals surface area (Å²) in [6.45, 7) is 10.8. The lowest BCUT2D eigenvalue weighted by Crippen LogP contribution is -2.49. The quantitative estimate of drug-likeness (QED) is 0.316. The highest BCUT2D eigenvalue weighted by Crippen LogP contribution is 2.35. The molecular formula is C28H37N5O4S2. The summed E-state index contributed by atoms with van der Waals surface area (Å²) in [4.78, 5) is 50.2. The number of rotatable bonds is 9. The van der Waals surface area contributed by atoms with Gasteiger partial charge in [-0.2, -0.15) is 0 Å². The Morgan fingerprint density at radius 2 is 1.95 bits per heavy atom. The molecule has 4 rings (SSSR count). The lowest BCUT2D eigenvalue weighted by Gasteiger charge is -2.35. The van der Waals surface area contributed by atoms with Gasteiger partial charge in [-0.3, -0.25) is 18.9 Å². The Bertz CT molecular complexity index is 1330. The van der Waals surface area contributed by atoms with Crippen LogP contribution in [0.5, 0.6) is 0 Å². The highest BCUT2D eigenvalue weighted by atomic mass is 32.2. The van der Waals surface area contributed by atoms with Gasteiger partial charge in [-0.1, -0.05) is 63.2 Å². The lowest BCUT2D eigenvalue weighted by atomic mass is 9.99. The van der Waals surface area contributed by atoms with Gasteiger partial charge in [0, 0.05) is 38.9 Å². The number of aromatic nitrogens is 2. The molecule has 11 heteroatoms. The maximum Gasteiger partial charge on any atom is 0.409 e. The van der Waals surface area contributed by atoms with Crippen LogP contribution in [0.1, 0.15) is 57.6 Å². The van der Waals surface area contributed by atoms with Crippen molar-refractivity contribution in [2.24, 2.45) is 5.92 Å². The number of pyridine rings is 1. The molecule has 0 bridgehead atoms. The Kier molecular flexibility index (Phi) is 9.66. The van der Waals surface area contributed by atoms with E-state index >= 15 is 0 Å². The van der Waals surface area contributed by atoms with Crippen LogP contribution < -0.4 is 10.5 Å². The fourth-order valence-corrected chi connectivity index (χ4v) is 6.20. The number of ether oxygens (including phenoxy) is 1. The van der Waals surface area contributed by atoms with Crippen molar-refractivity contribution in [3.05, 3.63) is 44.7 Å². The summed E-state index contributed by atoms with van der Waals surface area (Å²) in [5.41, 5.74) is 1.54. The van der Waals surface area contributed by atoms with Crippen molar-refractivity contribution in [2.45, 2.75) is 53.4 Å². The van der Waals surface area contributed by atoms with Crippen LogP contribution in [0.25, 0.3) is 11.7 Å². The zero-order chi connectivity index (χ0) is 28.1. The molecule has 2 aliphatic heterocycles. The number of thioether (sulfide) groups is 1. The maximum atomic E-state index is 13.8. The Labute approximate surface area is 239 Å². The Balaban J connectivity index is 1.69. The molecule has 2 saturated heterocycles. The number of amides is 2. The smallest absolute Gasteiger partial charge is 0.409 e. The molecule has 0 aromatic carbocycles. The van der Waals surface area contributed by atoms with Crippen molar-refractivity contribution in [2.75, 3.05) is 44.2 Å². The largest absolute Gasteiger partial charge is 0.450 e. The van der Waals surface area contributed by atoms with Crippen molar-refractivity contribution in [3.8, 4) is 0 Å². The molecule has 0 radical (unpaired) electrons. The van der Waals surface area contributed by atoms with Crippen LogP contribution in [0.4, 0.5) is 10.6 Å². The maximum absolute atomic E-state index is 13.8. The SMILES string of the molecule is CCCCC(CC)CN1C(=O)C(=Cc2c(N3CCN(C(=O)OCC)CC3)nc3c(C)cccn3c2=O)SC1=S. The zero-order valence-corrected chi connectivity index (χ0v) is 24.8. The average molecular weight is 572 g/mol. The van der Waals surface area contributed by atoms with Crippen LogP contribution in [0, 0.1) is 12.8 Å². The summed E-state index contributed by atoms with van der Waals surface area (Å²) < 4.78 is 7.20. The summed E-state index contributed by atoms with van der Waals surface area (Å²) in [5, 5.41) is 0. The van der Waals surface area contributed by atoms with Crippen LogP contribution >= 0.6 is 24.0 Å². The standard InChI is InChI=1S/C28H37N5O4S2/c1-5-8-11-20(6-2)18-33-26(35)22(39-28(33)38)17-21-24(29-23-19(4)10-9-12-32(23)25(21)34)30-13-15-31(16-14-30)27(36)37-7-3/h9-10,12,17,20H,5-8,11,13-16,18H2,1-4H3. The minimum Gasteiger partial charge on any atom is -0.450 e. The number of nitrogens with zero attached hydrogens (tertiary/aromatic N) is 5. The van der Waals surface area contributed by atoms with Gasteiger partial charge in [-0.25, -0.2) is 9.78 Å². The third-order valence-electron chi connectivity index (χ3n) is 7.30. The van der Waals surface area contributed by atoms with E-state index in [2.05, 4.69) is 13.8 Å². The monoisotopic (exact) mass is 571 g/mol. The van der Waals surface area contributed by atoms with Gasteiger partial charge in [0.1, 0.15) is 15.8 Å². The molecule has 39 heavy (non-hydrogen) atoms. The molecule has 2 aliphatic rings. The average Bonchev–Trinajstić information content (AvgIpc) is 3.20. The molecule has 2 amide bonds. The van der Waals surface area contributed by atoms with Crippen molar-refractivity contribution in [1.29, 1.82) is 0 Å². The van der Waals surface area contributed by atoms with E-state index in [-0.39, 0.29) is 17.6 Å². The topological polar surface area (TPSA) is 87.5 Å². The predicted octanol–water partition coefficient (Wildman–Crippen LogP) is 4.70. The molecule has 1 unspecified atom stereocenters.